The summed E-state index contributed by atoms with van der Waals surface area (Å²) >= 11 is 0. The van der Waals surface area contributed by atoms with Gasteiger partial charge in [-0.25, -0.2) is 9.59 Å². The molecule has 0 aliphatic heterocycles. The minimum absolute atomic E-state index is 0.170. The molecule has 2 N–H and O–H groups in total. The fourth-order valence-corrected chi connectivity index (χ4v) is 3.60. The lowest BCUT2D eigenvalue weighted by Crippen LogP contribution is -2.14. The maximum absolute atomic E-state index is 12.9. The summed E-state index contributed by atoms with van der Waals surface area (Å²) in [5.41, 5.74) is 8.14. The molecule has 0 fully saturated rings. The van der Waals surface area contributed by atoms with Gasteiger partial charge in [0.1, 0.15) is 5.75 Å². The van der Waals surface area contributed by atoms with Crippen LogP contribution in [-0.4, -0.2) is 49.0 Å². The van der Waals surface area contributed by atoms with Crippen LogP contribution in [0, 0.1) is 13.8 Å². The van der Waals surface area contributed by atoms with Crippen molar-refractivity contribution in [1.29, 1.82) is 0 Å². The van der Waals surface area contributed by atoms with Crippen LogP contribution in [0.4, 0.5) is 0 Å². The summed E-state index contributed by atoms with van der Waals surface area (Å²) in [5.74, 6) is -1.62. The Morgan fingerprint density at radius 3 is 1.88 bits per heavy atom. The van der Waals surface area contributed by atoms with Crippen LogP contribution in [0.5, 0.6) is 5.75 Å². The zero-order chi connectivity index (χ0) is 25.0. The molecule has 34 heavy (non-hydrogen) atoms. The Balaban J connectivity index is 1.91. The lowest BCUT2D eigenvalue weighted by atomic mass is 10.1. The lowest BCUT2D eigenvalue weighted by Gasteiger charge is -2.13. The third-order valence-corrected chi connectivity index (χ3v) is 5.26. The van der Waals surface area contributed by atoms with E-state index in [1.54, 1.807) is 48.7 Å². The first-order valence-electron chi connectivity index (χ1n) is 10.2. The van der Waals surface area contributed by atoms with E-state index < -0.39 is 17.8 Å². The van der Waals surface area contributed by atoms with Gasteiger partial charge in [0.2, 0.25) is 11.7 Å². The molecule has 0 aliphatic carbocycles. The van der Waals surface area contributed by atoms with E-state index in [2.05, 4.69) is 0 Å². The molecule has 0 spiro atoms. The number of hydrogen-bond acceptors (Lipinski definition) is 7. The van der Waals surface area contributed by atoms with Gasteiger partial charge in [-0.3, -0.25) is 9.59 Å². The third-order valence-electron chi connectivity index (χ3n) is 5.26. The zero-order valence-corrected chi connectivity index (χ0v) is 19.2. The van der Waals surface area contributed by atoms with Crippen LogP contribution in [0.15, 0.2) is 48.5 Å². The van der Waals surface area contributed by atoms with Gasteiger partial charge in [-0.1, -0.05) is 0 Å². The van der Waals surface area contributed by atoms with Gasteiger partial charge in [0.15, 0.2) is 6.61 Å². The van der Waals surface area contributed by atoms with Crippen molar-refractivity contribution in [2.75, 3.05) is 20.8 Å². The van der Waals surface area contributed by atoms with Gasteiger partial charge in [-0.05, 0) is 62.4 Å². The number of hydrogen-bond donors (Lipinski definition) is 1. The monoisotopic (exact) mass is 464 g/mol. The predicted octanol–water partition coefficient (Wildman–Crippen LogP) is 3.03. The SMILES string of the molecule is COC(=O)c1cc(C(=O)OC)cc(-n2c(C)cc(C(=O)COc3ccc(C(N)=O)cc3)c2C)c1. The molecule has 3 rings (SSSR count). The molecule has 0 saturated carbocycles. The molecule has 0 atom stereocenters. The van der Waals surface area contributed by atoms with Gasteiger partial charge >= 0.3 is 11.9 Å². The van der Waals surface area contributed by atoms with Crippen LogP contribution in [0.25, 0.3) is 5.69 Å². The van der Waals surface area contributed by atoms with Crippen LogP contribution in [0.1, 0.15) is 52.8 Å². The topological polar surface area (TPSA) is 127 Å². The standard InChI is InChI=1S/C25H24N2O7/c1-14-9-21(22(28)13-34-20-7-5-16(6-8-20)23(26)29)15(2)27(14)19-11-17(24(30)32-3)10-18(12-19)25(31)33-4/h5-12H,13H2,1-4H3,(H2,26,29). The number of Topliss-reactive ketones (excluding diaryl/α,β-unsaturated/α-hetero) is 1. The van der Waals surface area contributed by atoms with Gasteiger partial charge in [0.05, 0.1) is 25.3 Å². The number of benzene rings is 2. The average Bonchev–Trinajstić information content (AvgIpc) is 3.14. The summed E-state index contributed by atoms with van der Waals surface area (Å²) in [6, 6.07) is 12.4. The quantitative estimate of drug-likeness (QED) is 0.401. The minimum atomic E-state index is -0.610. The van der Waals surface area contributed by atoms with Crippen molar-refractivity contribution in [2.24, 2.45) is 5.73 Å². The van der Waals surface area contributed by atoms with E-state index >= 15 is 0 Å². The molecule has 1 amide bonds. The number of esters is 2. The van der Waals surface area contributed by atoms with E-state index in [0.29, 0.717) is 34.0 Å². The zero-order valence-electron chi connectivity index (χ0n) is 19.2. The second kappa shape index (κ2) is 10.0. The van der Waals surface area contributed by atoms with E-state index in [4.69, 9.17) is 19.9 Å². The summed E-state index contributed by atoms with van der Waals surface area (Å²) in [7, 11) is 2.49. The van der Waals surface area contributed by atoms with Crippen molar-refractivity contribution >= 4 is 23.6 Å². The Morgan fingerprint density at radius 2 is 1.38 bits per heavy atom. The van der Waals surface area contributed by atoms with Crippen molar-refractivity contribution < 1.29 is 33.4 Å². The molecule has 9 nitrogen and oxygen atoms in total. The molecule has 0 saturated heterocycles. The molecular weight excluding hydrogens is 440 g/mol. The number of nitrogens with two attached hydrogens (primary N) is 1. The molecule has 176 valence electrons. The van der Waals surface area contributed by atoms with Crippen LogP contribution >= 0.6 is 0 Å². The summed E-state index contributed by atoms with van der Waals surface area (Å²) in [6.07, 6.45) is 0. The summed E-state index contributed by atoms with van der Waals surface area (Å²) in [6.45, 7) is 3.33. The van der Waals surface area contributed by atoms with E-state index in [9.17, 15) is 19.2 Å². The Morgan fingerprint density at radius 1 is 0.824 bits per heavy atom. The molecule has 0 aliphatic rings. The molecule has 1 aromatic heterocycles. The van der Waals surface area contributed by atoms with Gasteiger partial charge in [-0.15, -0.1) is 0 Å². The maximum Gasteiger partial charge on any atom is 0.337 e. The first-order chi connectivity index (χ1) is 16.2. The van der Waals surface area contributed by atoms with Crippen LogP contribution in [-0.2, 0) is 9.47 Å². The Labute approximate surface area is 196 Å². The van der Waals surface area contributed by atoms with Crippen molar-refractivity contribution in [3.8, 4) is 11.4 Å². The van der Waals surface area contributed by atoms with E-state index in [1.807, 2.05) is 0 Å². The molecule has 0 bridgehead atoms. The molecule has 3 aromatic rings. The largest absolute Gasteiger partial charge is 0.485 e. The number of ether oxygens (including phenoxy) is 3. The number of primary amides is 1. The van der Waals surface area contributed by atoms with Gasteiger partial charge in [0.25, 0.3) is 0 Å². The number of carbonyl (C=O) groups excluding carboxylic acids is 4. The first kappa shape index (κ1) is 24.2. The normalized spacial score (nSPS) is 10.5. The minimum Gasteiger partial charge on any atom is -0.485 e. The van der Waals surface area contributed by atoms with E-state index in [-0.39, 0.29) is 23.5 Å². The number of methoxy groups -OCH3 is 2. The molecule has 1 heterocycles. The van der Waals surface area contributed by atoms with Crippen molar-refractivity contribution in [2.45, 2.75) is 13.8 Å². The van der Waals surface area contributed by atoms with Gasteiger partial charge in [0, 0.05) is 28.2 Å². The Hall–Kier alpha value is -4.40. The number of ketones is 1. The van der Waals surface area contributed by atoms with Crippen LogP contribution in [0.2, 0.25) is 0 Å². The summed E-state index contributed by atoms with van der Waals surface area (Å²) in [5, 5.41) is 0. The smallest absolute Gasteiger partial charge is 0.337 e. The highest BCUT2D eigenvalue weighted by molar-refractivity contribution is 5.99. The average molecular weight is 464 g/mol. The second-order valence-electron chi connectivity index (χ2n) is 7.47. The van der Waals surface area contributed by atoms with Gasteiger partial charge < -0.3 is 24.5 Å². The molecule has 9 heteroatoms. The molecule has 0 radical (unpaired) electrons. The number of aromatic nitrogens is 1. The highest BCUT2D eigenvalue weighted by Gasteiger charge is 2.20. The molecule has 2 aromatic carbocycles. The fourth-order valence-electron chi connectivity index (χ4n) is 3.60. The number of rotatable bonds is 8. The van der Waals surface area contributed by atoms with Crippen LogP contribution < -0.4 is 10.5 Å². The second-order valence-corrected chi connectivity index (χ2v) is 7.47. The van der Waals surface area contributed by atoms with Crippen molar-refractivity contribution in [3.63, 3.8) is 0 Å². The molecular formula is C25H24N2O7. The van der Waals surface area contributed by atoms with Crippen molar-refractivity contribution in [3.05, 3.63) is 82.2 Å². The predicted molar refractivity (Wildman–Crippen MR) is 123 cm³/mol. The third kappa shape index (κ3) is 4.98. The van der Waals surface area contributed by atoms with E-state index in [1.165, 1.54) is 32.4 Å². The summed E-state index contributed by atoms with van der Waals surface area (Å²) < 4.78 is 16.9. The van der Waals surface area contributed by atoms with Gasteiger partial charge in [-0.2, -0.15) is 0 Å². The first-order valence-corrected chi connectivity index (χ1v) is 10.2. The highest BCUT2D eigenvalue weighted by Crippen LogP contribution is 2.24. The highest BCUT2D eigenvalue weighted by atomic mass is 16.5. The van der Waals surface area contributed by atoms with E-state index in [0.717, 1.165) is 0 Å². The summed E-state index contributed by atoms with van der Waals surface area (Å²) in [4.78, 5) is 48.4. The number of amides is 1. The number of aryl methyl sites for hydroxylation is 1. The number of carbonyl (C=O) groups is 4. The lowest BCUT2D eigenvalue weighted by molar-refractivity contribution is 0.0598. The van der Waals surface area contributed by atoms with Crippen LogP contribution in [0.3, 0.4) is 0 Å². The maximum atomic E-state index is 12.9. The molecule has 0 unspecified atom stereocenters. The fraction of sp³-hybridized carbons (Fsp3) is 0.200. The Bertz CT molecular complexity index is 1240. The number of nitrogens with zero attached hydrogens (tertiary/aromatic N) is 1. The van der Waals surface area contributed by atoms with Crippen molar-refractivity contribution in [1.82, 2.24) is 4.57 Å². The Kier molecular flexibility index (Phi) is 7.15.